The summed E-state index contributed by atoms with van der Waals surface area (Å²) in [5, 5.41) is 0.952. The smallest absolute Gasteiger partial charge is 0.0283 e. The van der Waals surface area contributed by atoms with Crippen LogP contribution in [0.25, 0.3) is 0 Å². The lowest BCUT2D eigenvalue weighted by molar-refractivity contribution is 0.734. The molecule has 0 aromatic heterocycles. The molecular formula is C12H19BrSi. The SMILES string of the molecule is BrCc1ccccc1.C1CC[SiH2]CC1. The zero-order valence-electron chi connectivity index (χ0n) is 8.71. The van der Waals surface area contributed by atoms with E-state index in [0.717, 1.165) is 5.33 Å². The van der Waals surface area contributed by atoms with Crippen LogP contribution in [0.2, 0.25) is 12.1 Å². The average molecular weight is 271 g/mol. The van der Waals surface area contributed by atoms with Gasteiger partial charge in [-0.05, 0) is 5.56 Å². The van der Waals surface area contributed by atoms with Crippen molar-refractivity contribution in [3.63, 3.8) is 0 Å². The van der Waals surface area contributed by atoms with Crippen LogP contribution in [0.1, 0.15) is 24.8 Å². The van der Waals surface area contributed by atoms with Gasteiger partial charge in [-0.25, -0.2) is 0 Å². The highest BCUT2D eigenvalue weighted by molar-refractivity contribution is 9.08. The van der Waals surface area contributed by atoms with Gasteiger partial charge in [-0.2, -0.15) is 0 Å². The molecule has 0 bridgehead atoms. The van der Waals surface area contributed by atoms with E-state index < -0.39 is 0 Å². The Morgan fingerprint density at radius 2 is 1.64 bits per heavy atom. The monoisotopic (exact) mass is 270 g/mol. The first kappa shape index (κ1) is 12.0. The van der Waals surface area contributed by atoms with Crippen LogP contribution >= 0.6 is 15.9 Å². The molecule has 0 amide bonds. The minimum Gasteiger partial charge on any atom is -0.0876 e. The topological polar surface area (TPSA) is 0 Å². The van der Waals surface area contributed by atoms with E-state index in [1.54, 1.807) is 24.9 Å². The van der Waals surface area contributed by atoms with Gasteiger partial charge in [-0.3, -0.25) is 0 Å². The lowest BCUT2D eigenvalue weighted by Gasteiger charge is -2.04. The second-order valence-electron chi connectivity index (χ2n) is 3.74. The van der Waals surface area contributed by atoms with Crippen LogP contribution < -0.4 is 0 Å². The van der Waals surface area contributed by atoms with Crippen molar-refractivity contribution in [2.75, 3.05) is 0 Å². The summed E-state index contributed by atoms with van der Waals surface area (Å²) < 4.78 is 0. The van der Waals surface area contributed by atoms with Crippen LogP contribution in [0.15, 0.2) is 30.3 Å². The first-order valence-corrected chi connectivity index (χ1v) is 8.65. The first-order valence-electron chi connectivity index (χ1n) is 5.53. The Morgan fingerprint density at radius 1 is 1.00 bits per heavy atom. The minimum atomic E-state index is 0.508. The molecule has 2 rings (SSSR count). The number of benzene rings is 1. The summed E-state index contributed by atoms with van der Waals surface area (Å²) in [6.45, 7) is 0. The van der Waals surface area contributed by atoms with Gasteiger partial charge in [0.1, 0.15) is 0 Å². The lowest BCUT2D eigenvalue weighted by Crippen LogP contribution is -1.94. The predicted octanol–water partition coefficient (Wildman–Crippen LogP) is 3.76. The van der Waals surface area contributed by atoms with Gasteiger partial charge in [0.2, 0.25) is 0 Å². The minimum absolute atomic E-state index is 0.508. The summed E-state index contributed by atoms with van der Waals surface area (Å²) in [7, 11) is 0.508. The quantitative estimate of drug-likeness (QED) is 0.539. The number of hydrogen-bond acceptors (Lipinski definition) is 0. The van der Waals surface area contributed by atoms with E-state index in [1.165, 1.54) is 12.0 Å². The molecule has 1 aliphatic heterocycles. The molecule has 0 saturated carbocycles. The van der Waals surface area contributed by atoms with Gasteiger partial charge >= 0.3 is 0 Å². The molecule has 78 valence electrons. The standard InChI is InChI=1S/C7H7Br.C5H12Si/c8-6-7-4-2-1-3-5-7;1-2-4-6-5-3-1/h1-5H,6H2;1-6H2. The molecule has 1 saturated heterocycles. The highest BCUT2D eigenvalue weighted by Crippen LogP contribution is 2.10. The number of alkyl halides is 1. The Morgan fingerprint density at radius 3 is 1.93 bits per heavy atom. The second kappa shape index (κ2) is 8.24. The highest BCUT2D eigenvalue weighted by atomic mass is 79.9. The number of rotatable bonds is 1. The molecule has 0 nitrogen and oxygen atoms in total. The van der Waals surface area contributed by atoms with E-state index >= 15 is 0 Å². The largest absolute Gasteiger partial charge is 0.0876 e. The summed E-state index contributed by atoms with van der Waals surface area (Å²) in [4.78, 5) is 0. The van der Waals surface area contributed by atoms with Gasteiger partial charge in [0, 0.05) is 14.8 Å². The maximum atomic E-state index is 3.36. The second-order valence-corrected chi connectivity index (χ2v) is 6.42. The Bertz CT molecular complexity index is 208. The lowest BCUT2D eigenvalue weighted by atomic mass is 10.2. The zero-order chi connectivity index (χ0) is 10.1. The van der Waals surface area contributed by atoms with Gasteiger partial charge in [0.25, 0.3) is 0 Å². The molecule has 0 atom stereocenters. The van der Waals surface area contributed by atoms with Gasteiger partial charge in [-0.15, -0.1) is 0 Å². The van der Waals surface area contributed by atoms with Gasteiger partial charge in [0.15, 0.2) is 0 Å². The summed E-state index contributed by atoms with van der Waals surface area (Å²) in [5.41, 5.74) is 1.33. The van der Waals surface area contributed by atoms with Crippen molar-refractivity contribution in [3.05, 3.63) is 35.9 Å². The Hall–Kier alpha value is -0.0831. The van der Waals surface area contributed by atoms with E-state index in [4.69, 9.17) is 0 Å². The molecule has 2 heteroatoms. The number of halogens is 1. The van der Waals surface area contributed by atoms with E-state index in [2.05, 4.69) is 28.1 Å². The fourth-order valence-corrected chi connectivity index (χ4v) is 3.77. The Labute approximate surface area is 98.1 Å². The van der Waals surface area contributed by atoms with Crippen molar-refractivity contribution in [3.8, 4) is 0 Å². The predicted molar refractivity (Wildman–Crippen MR) is 71.1 cm³/mol. The van der Waals surface area contributed by atoms with Gasteiger partial charge in [0.05, 0.1) is 0 Å². The summed E-state index contributed by atoms with van der Waals surface area (Å²) >= 11 is 3.36. The van der Waals surface area contributed by atoms with Crippen LogP contribution in [0.5, 0.6) is 0 Å². The van der Waals surface area contributed by atoms with Crippen molar-refractivity contribution in [2.45, 2.75) is 36.7 Å². The average Bonchev–Trinajstić information content (AvgIpc) is 2.33. The molecule has 0 N–H and O–H groups in total. The van der Waals surface area contributed by atoms with E-state index in [1.807, 2.05) is 18.2 Å². The fourth-order valence-electron chi connectivity index (χ4n) is 1.63. The van der Waals surface area contributed by atoms with Crippen molar-refractivity contribution in [1.82, 2.24) is 0 Å². The van der Waals surface area contributed by atoms with Crippen molar-refractivity contribution in [1.29, 1.82) is 0 Å². The normalized spacial score (nSPS) is 15.5. The molecule has 14 heavy (non-hydrogen) atoms. The molecule has 0 radical (unpaired) electrons. The maximum absolute atomic E-state index is 3.36. The summed E-state index contributed by atoms with van der Waals surface area (Å²) in [6, 6.07) is 13.6. The fraction of sp³-hybridized carbons (Fsp3) is 0.500. The molecule has 1 aromatic carbocycles. The molecule has 1 aliphatic rings. The molecule has 1 heterocycles. The van der Waals surface area contributed by atoms with E-state index in [0.29, 0.717) is 9.52 Å². The van der Waals surface area contributed by atoms with Crippen molar-refractivity contribution < 1.29 is 0 Å². The van der Waals surface area contributed by atoms with Crippen LogP contribution in [-0.2, 0) is 5.33 Å². The molecule has 0 spiro atoms. The van der Waals surface area contributed by atoms with Gasteiger partial charge < -0.3 is 0 Å². The van der Waals surface area contributed by atoms with E-state index in [9.17, 15) is 0 Å². The summed E-state index contributed by atoms with van der Waals surface area (Å²) in [6.07, 6.45) is 4.66. The molecule has 1 fully saturated rings. The molecular weight excluding hydrogens is 252 g/mol. The van der Waals surface area contributed by atoms with E-state index in [-0.39, 0.29) is 0 Å². The maximum Gasteiger partial charge on any atom is 0.0283 e. The third-order valence-corrected chi connectivity index (χ3v) is 5.14. The number of hydrogen-bond donors (Lipinski definition) is 0. The summed E-state index contributed by atoms with van der Waals surface area (Å²) in [5.74, 6) is 0. The molecule has 0 unspecified atom stereocenters. The third kappa shape index (κ3) is 5.61. The van der Waals surface area contributed by atoms with Crippen LogP contribution in [0, 0.1) is 0 Å². The zero-order valence-corrected chi connectivity index (χ0v) is 11.7. The van der Waals surface area contributed by atoms with Crippen LogP contribution in [0.3, 0.4) is 0 Å². The van der Waals surface area contributed by atoms with Crippen molar-refractivity contribution >= 4 is 25.4 Å². The van der Waals surface area contributed by atoms with Crippen molar-refractivity contribution in [2.24, 2.45) is 0 Å². The Balaban J connectivity index is 0.000000146. The molecule has 0 aliphatic carbocycles. The highest BCUT2D eigenvalue weighted by Gasteiger charge is 1.96. The molecule has 1 aromatic rings. The van der Waals surface area contributed by atoms with Crippen LogP contribution in [0.4, 0.5) is 0 Å². The Kier molecular flexibility index (Phi) is 7.06. The first-order chi connectivity index (χ1) is 6.93. The van der Waals surface area contributed by atoms with Crippen LogP contribution in [-0.4, -0.2) is 9.52 Å². The third-order valence-electron chi connectivity index (χ3n) is 2.50. The van der Waals surface area contributed by atoms with Gasteiger partial charge in [-0.1, -0.05) is 77.6 Å².